The smallest absolute Gasteiger partial charge is 0.0979 e. The molecule has 180 valence electrons. The second-order valence-electron chi connectivity index (χ2n) is 10.9. The molecule has 33 heavy (non-hydrogen) atoms. The molecule has 4 rings (SSSR count). The highest BCUT2D eigenvalue weighted by Crippen LogP contribution is 2.56. The third kappa shape index (κ3) is 6.36. The number of rotatable bonds is 7. The molecule has 2 aromatic carbocycles. The number of nitrogens with one attached hydrogen (secondary N) is 1. The summed E-state index contributed by atoms with van der Waals surface area (Å²) < 4.78 is 16.6. The van der Waals surface area contributed by atoms with E-state index < -0.39 is 11.0 Å². The van der Waals surface area contributed by atoms with Crippen LogP contribution in [0.15, 0.2) is 54.6 Å². The highest BCUT2D eigenvalue weighted by Gasteiger charge is 2.35. The molecule has 0 aliphatic heterocycles. The van der Waals surface area contributed by atoms with Gasteiger partial charge in [-0.25, -0.2) is 8.93 Å². The molecule has 4 heteroatoms. The highest BCUT2D eigenvalue weighted by atomic mass is 32.2. The Hall–Kier alpha value is -1.02. The van der Waals surface area contributed by atoms with E-state index >= 15 is 0 Å². The van der Waals surface area contributed by atoms with E-state index in [9.17, 15) is 4.21 Å². The summed E-state index contributed by atoms with van der Waals surface area (Å²) in [6.07, 6.45) is 14.0. The van der Waals surface area contributed by atoms with Crippen LogP contribution in [0.1, 0.15) is 102 Å². The first-order valence-electron chi connectivity index (χ1n) is 13.1. The van der Waals surface area contributed by atoms with Crippen LogP contribution in [0.4, 0.5) is 0 Å². The normalized spacial score (nSPS) is 20.6. The zero-order valence-electron chi connectivity index (χ0n) is 20.8. The predicted octanol–water partition coefficient (Wildman–Crippen LogP) is 7.60. The summed E-state index contributed by atoms with van der Waals surface area (Å²) in [5.41, 5.74) is 4.28. The number of hydrogen-bond donors (Lipinski definition) is 1. The molecule has 1 unspecified atom stereocenters. The lowest BCUT2D eigenvalue weighted by Gasteiger charge is -2.40. The molecule has 0 amide bonds. The van der Waals surface area contributed by atoms with Crippen molar-refractivity contribution in [3.05, 3.63) is 65.7 Å². The molecule has 2 saturated carbocycles. The first kappa shape index (κ1) is 25.1. The lowest BCUT2D eigenvalue weighted by Crippen LogP contribution is -2.38. The second-order valence-corrected chi connectivity index (χ2v) is 15.6. The summed E-state index contributed by atoms with van der Waals surface area (Å²) in [6, 6.07) is 19.8. The third-order valence-corrected chi connectivity index (χ3v) is 12.5. The van der Waals surface area contributed by atoms with E-state index in [1.54, 1.807) is 5.30 Å². The van der Waals surface area contributed by atoms with Crippen molar-refractivity contribution in [2.75, 3.05) is 0 Å². The molecule has 0 saturated heterocycles. The molecule has 2 aliphatic carbocycles. The van der Waals surface area contributed by atoms with Gasteiger partial charge in [0.1, 0.15) is 0 Å². The molecular formula is C29H42NOPS. The Morgan fingerprint density at radius 3 is 1.85 bits per heavy atom. The molecule has 1 N–H and O–H groups in total. The van der Waals surface area contributed by atoms with E-state index in [4.69, 9.17) is 0 Å². The van der Waals surface area contributed by atoms with E-state index in [1.807, 2.05) is 0 Å². The van der Waals surface area contributed by atoms with Gasteiger partial charge in [-0.05, 0) is 74.2 Å². The fraction of sp³-hybridized carbons (Fsp3) is 0.586. The van der Waals surface area contributed by atoms with Crippen LogP contribution in [-0.2, 0) is 11.0 Å². The summed E-state index contributed by atoms with van der Waals surface area (Å²) in [5, 5.41) is 1.58. The first-order chi connectivity index (χ1) is 15.9. The van der Waals surface area contributed by atoms with Crippen LogP contribution >= 0.6 is 7.92 Å². The third-order valence-electron chi connectivity index (χ3n) is 7.38. The maximum absolute atomic E-state index is 13.3. The van der Waals surface area contributed by atoms with Gasteiger partial charge >= 0.3 is 0 Å². The largest absolute Gasteiger partial charge is 0.242 e. The van der Waals surface area contributed by atoms with Gasteiger partial charge in [0.05, 0.1) is 21.8 Å². The van der Waals surface area contributed by atoms with Crippen molar-refractivity contribution in [3.63, 3.8) is 0 Å². The molecule has 2 atom stereocenters. The molecule has 2 nitrogen and oxygen atoms in total. The molecule has 2 fully saturated rings. The van der Waals surface area contributed by atoms with Gasteiger partial charge in [-0.1, -0.05) is 101 Å². The van der Waals surface area contributed by atoms with Crippen LogP contribution in [0, 0.1) is 0 Å². The van der Waals surface area contributed by atoms with Crippen LogP contribution < -0.4 is 10.0 Å². The minimum Gasteiger partial charge on any atom is -0.242 e. The molecule has 0 heterocycles. The quantitative estimate of drug-likeness (QED) is 0.404. The second kappa shape index (κ2) is 11.6. The molecule has 2 aliphatic rings. The molecule has 2 aromatic rings. The molecular weight excluding hydrogens is 441 g/mol. The van der Waals surface area contributed by atoms with E-state index in [2.05, 4.69) is 80.1 Å². The Kier molecular flexibility index (Phi) is 8.82. The lowest BCUT2D eigenvalue weighted by atomic mass is 9.99. The Labute approximate surface area is 205 Å². The van der Waals surface area contributed by atoms with Crippen molar-refractivity contribution in [2.45, 2.75) is 107 Å². The Morgan fingerprint density at radius 2 is 1.30 bits per heavy atom. The number of benzene rings is 2. The van der Waals surface area contributed by atoms with Gasteiger partial charge < -0.3 is 0 Å². The zero-order chi connectivity index (χ0) is 23.3. The Morgan fingerprint density at radius 1 is 0.788 bits per heavy atom. The summed E-state index contributed by atoms with van der Waals surface area (Å²) in [7, 11) is -1.37. The van der Waals surface area contributed by atoms with Crippen molar-refractivity contribution in [1.82, 2.24) is 4.72 Å². The molecule has 0 radical (unpaired) electrons. The van der Waals surface area contributed by atoms with Gasteiger partial charge in [-0.3, -0.25) is 0 Å². The SMILES string of the molecule is CC(C)(C)S(=O)N[C@@H](c1ccccc1)c1ccccc1P(C1CCCCC1)C1CCCCC1. The standard InChI is InChI=1S/C29H42NOPS/c1-29(2,3)33(31)30-28(23-15-7-4-8-16-23)26-21-13-14-22-27(26)32(24-17-9-5-10-18-24)25-19-11-6-12-20-25/h4,7-8,13-16,21-22,24-25,28,30H,5-6,9-12,17-20H2,1-3H3/t28-,33?/m0/s1. The molecule has 0 spiro atoms. The molecule has 0 bridgehead atoms. The minimum absolute atomic E-state index is 0.0420. The van der Waals surface area contributed by atoms with Crippen molar-refractivity contribution < 1.29 is 4.21 Å². The summed E-state index contributed by atoms with van der Waals surface area (Å²) in [4.78, 5) is 0. The first-order valence-corrected chi connectivity index (χ1v) is 15.7. The van der Waals surface area contributed by atoms with E-state index in [-0.39, 0.29) is 18.7 Å². The average molecular weight is 484 g/mol. The Balaban J connectivity index is 1.77. The summed E-state index contributed by atoms with van der Waals surface area (Å²) >= 11 is 0. The maximum Gasteiger partial charge on any atom is 0.0979 e. The predicted molar refractivity (Wildman–Crippen MR) is 146 cm³/mol. The van der Waals surface area contributed by atoms with Gasteiger partial charge in [0.25, 0.3) is 0 Å². The van der Waals surface area contributed by atoms with Crippen LogP contribution in [0.3, 0.4) is 0 Å². The van der Waals surface area contributed by atoms with Crippen LogP contribution in [0.2, 0.25) is 0 Å². The highest BCUT2D eigenvalue weighted by molar-refractivity contribution is 7.84. The van der Waals surface area contributed by atoms with Crippen molar-refractivity contribution in [2.24, 2.45) is 0 Å². The zero-order valence-corrected chi connectivity index (χ0v) is 22.5. The van der Waals surface area contributed by atoms with Crippen LogP contribution in [0.25, 0.3) is 0 Å². The molecule has 0 aromatic heterocycles. The summed E-state index contributed by atoms with van der Waals surface area (Å²) in [6.45, 7) is 6.17. The average Bonchev–Trinajstić information content (AvgIpc) is 2.84. The topological polar surface area (TPSA) is 29.1 Å². The fourth-order valence-corrected chi connectivity index (χ4v) is 10.4. The maximum atomic E-state index is 13.3. The van der Waals surface area contributed by atoms with Gasteiger partial charge in [-0.2, -0.15) is 0 Å². The summed E-state index contributed by atoms with van der Waals surface area (Å²) in [5.74, 6) is 0. The lowest BCUT2D eigenvalue weighted by molar-refractivity contribution is 0.487. The van der Waals surface area contributed by atoms with Crippen molar-refractivity contribution in [1.29, 1.82) is 0 Å². The van der Waals surface area contributed by atoms with Gasteiger partial charge in [-0.15, -0.1) is 0 Å². The van der Waals surface area contributed by atoms with Crippen LogP contribution in [0.5, 0.6) is 0 Å². The van der Waals surface area contributed by atoms with E-state index in [0.29, 0.717) is 0 Å². The van der Waals surface area contributed by atoms with Crippen LogP contribution in [-0.4, -0.2) is 20.3 Å². The number of hydrogen-bond acceptors (Lipinski definition) is 1. The fourth-order valence-electron chi connectivity index (χ4n) is 5.62. The van der Waals surface area contributed by atoms with Crippen molar-refractivity contribution in [3.8, 4) is 0 Å². The van der Waals surface area contributed by atoms with Gasteiger partial charge in [0, 0.05) is 0 Å². The Bertz CT molecular complexity index is 879. The van der Waals surface area contributed by atoms with Crippen molar-refractivity contribution >= 4 is 24.2 Å². The monoisotopic (exact) mass is 483 g/mol. The van der Waals surface area contributed by atoms with E-state index in [0.717, 1.165) is 11.3 Å². The van der Waals surface area contributed by atoms with Gasteiger partial charge in [0.2, 0.25) is 0 Å². The van der Waals surface area contributed by atoms with Gasteiger partial charge in [0.15, 0.2) is 0 Å². The van der Waals surface area contributed by atoms with E-state index in [1.165, 1.54) is 75.3 Å². The minimum atomic E-state index is -1.14.